The molecule has 0 aliphatic heterocycles. The second-order valence-electron chi connectivity index (χ2n) is 4.09. The Morgan fingerprint density at radius 2 is 2.00 bits per heavy atom. The smallest absolute Gasteiger partial charge is 0.261 e. The molecule has 2 rings (SSSR count). The first-order chi connectivity index (χ1) is 8.95. The number of hydrogen-bond donors (Lipinski definition) is 1. The van der Waals surface area contributed by atoms with Crippen molar-refractivity contribution in [1.82, 2.24) is 9.97 Å². The van der Waals surface area contributed by atoms with Crippen molar-refractivity contribution in [3.8, 4) is 0 Å². The molecule has 0 saturated heterocycles. The van der Waals surface area contributed by atoms with E-state index in [1.54, 1.807) is 26.0 Å². The molecule has 4 nitrogen and oxygen atoms in total. The molecule has 2 aromatic rings. The van der Waals surface area contributed by atoms with Gasteiger partial charge in [-0.1, -0.05) is 23.2 Å². The van der Waals surface area contributed by atoms with Gasteiger partial charge in [0, 0.05) is 5.69 Å². The summed E-state index contributed by atoms with van der Waals surface area (Å²) >= 11 is 5.76. The lowest BCUT2D eigenvalue weighted by molar-refractivity contribution is 0.102. The third-order valence-corrected chi connectivity index (χ3v) is 2.61. The summed E-state index contributed by atoms with van der Waals surface area (Å²) in [6.45, 7) is 3.49. The van der Waals surface area contributed by atoms with Crippen molar-refractivity contribution in [2.75, 3.05) is 5.32 Å². The van der Waals surface area contributed by atoms with Crippen LogP contribution in [0.4, 0.5) is 10.3 Å². The van der Waals surface area contributed by atoms with E-state index < -0.39 is 11.7 Å². The van der Waals surface area contributed by atoms with Crippen molar-refractivity contribution in [3.05, 3.63) is 52.1 Å². The van der Waals surface area contributed by atoms with Crippen LogP contribution in [0.15, 0.2) is 24.3 Å². The SMILES string of the molecule is Cc1ccc(F)c(C(=O)Nc2nc(C)cc(Cl)n2)c1. The van der Waals surface area contributed by atoms with Gasteiger partial charge in [0.2, 0.25) is 5.95 Å². The molecule has 1 N–H and O–H groups in total. The number of anilines is 1. The van der Waals surface area contributed by atoms with Gasteiger partial charge in [0.15, 0.2) is 0 Å². The Bertz CT molecular complexity index is 626. The predicted octanol–water partition coefficient (Wildman–Crippen LogP) is 3.14. The first-order valence-electron chi connectivity index (χ1n) is 5.54. The van der Waals surface area contributed by atoms with E-state index in [4.69, 9.17) is 11.6 Å². The summed E-state index contributed by atoms with van der Waals surface area (Å²) in [4.78, 5) is 19.8. The molecule has 0 aliphatic carbocycles. The summed E-state index contributed by atoms with van der Waals surface area (Å²) in [5.74, 6) is -1.15. The van der Waals surface area contributed by atoms with E-state index >= 15 is 0 Å². The first kappa shape index (κ1) is 13.4. The highest BCUT2D eigenvalue weighted by Gasteiger charge is 2.13. The predicted molar refractivity (Wildman–Crippen MR) is 70.9 cm³/mol. The number of rotatable bonds is 2. The molecule has 1 amide bonds. The Morgan fingerprint density at radius 3 is 2.68 bits per heavy atom. The molecule has 0 bridgehead atoms. The average Bonchev–Trinajstić information content (AvgIpc) is 2.30. The molecule has 98 valence electrons. The molecule has 19 heavy (non-hydrogen) atoms. The van der Waals surface area contributed by atoms with E-state index in [0.29, 0.717) is 5.69 Å². The zero-order chi connectivity index (χ0) is 14.0. The Hall–Kier alpha value is -2.01. The normalized spacial score (nSPS) is 10.3. The van der Waals surface area contributed by atoms with Gasteiger partial charge in [0.1, 0.15) is 11.0 Å². The van der Waals surface area contributed by atoms with Crippen LogP contribution in [0, 0.1) is 19.7 Å². The maximum atomic E-state index is 13.6. The minimum absolute atomic E-state index is 0.0518. The lowest BCUT2D eigenvalue weighted by Gasteiger charge is -2.06. The minimum atomic E-state index is -0.608. The summed E-state index contributed by atoms with van der Waals surface area (Å²) in [5.41, 5.74) is 1.34. The molecular weight excluding hydrogens is 269 g/mol. The molecule has 0 saturated carbocycles. The molecule has 0 unspecified atom stereocenters. The highest BCUT2D eigenvalue weighted by atomic mass is 35.5. The first-order valence-corrected chi connectivity index (χ1v) is 5.92. The van der Waals surface area contributed by atoms with Crippen LogP contribution in [-0.4, -0.2) is 15.9 Å². The van der Waals surface area contributed by atoms with Gasteiger partial charge in [-0.25, -0.2) is 14.4 Å². The van der Waals surface area contributed by atoms with Gasteiger partial charge in [-0.15, -0.1) is 0 Å². The molecule has 0 spiro atoms. The molecule has 1 aromatic carbocycles. The van der Waals surface area contributed by atoms with Crippen LogP contribution in [-0.2, 0) is 0 Å². The lowest BCUT2D eigenvalue weighted by Crippen LogP contribution is -2.16. The van der Waals surface area contributed by atoms with Crippen LogP contribution in [0.3, 0.4) is 0 Å². The summed E-state index contributed by atoms with van der Waals surface area (Å²) < 4.78 is 13.6. The molecule has 0 radical (unpaired) electrons. The van der Waals surface area contributed by atoms with Crippen LogP contribution < -0.4 is 5.32 Å². The van der Waals surface area contributed by atoms with E-state index in [2.05, 4.69) is 15.3 Å². The van der Waals surface area contributed by atoms with Crippen LogP contribution in [0.2, 0.25) is 5.15 Å². The maximum Gasteiger partial charge on any atom is 0.261 e. The number of hydrogen-bond acceptors (Lipinski definition) is 3. The summed E-state index contributed by atoms with van der Waals surface area (Å²) in [7, 11) is 0. The second kappa shape index (κ2) is 5.32. The monoisotopic (exact) mass is 279 g/mol. The standard InChI is InChI=1S/C13H11ClFN3O/c1-7-3-4-10(15)9(5-7)12(19)18-13-16-8(2)6-11(14)17-13/h3-6H,1-2H3,(H,16,17,18,19). The maximum absolute atomic E-state index is 13.6. The quantitative estimate of drug-likeness (QED) is 0.859. The van der Waals surface area contributed by atoms with Crippen molar-refractivity contribution in [3.63, 3.8) is 0 Å². The van der Waals surface area contributed by atoms with Gasteiger partial charge >= 0.3 is 0 Å². The number of benzene rings is 1. The van der Waals surface area contributed by atoms with Crippen LogP contribution in [0.5, 0.6) is 0 Å². The molecule has 1 aromatic heterocycles. The summed E-state index contributed by atoms with van der Waals surface area (Å²) in [6, 6.07) is 5.85. The molecule has 1 heterocycles. The zero-order valence-corrected chi connectivity index (χ0v) is 11.1. The average molecular weight is 280 g/mol. The molecule has 0 atom stereocenters. The lowest BCUT2D eigenvalue weighted by atomic mass is 10.1. The molecule has 0 fully saturated rings. The largest absolute Gasteiger partial charge is 0.290 e. The topological polar surface area (TPSA) is 54.9 Å². The fourth-order valence-electron chi connectivity index (χ4n) is 1.57. The number of carbonyl (C=O) groups excluding carboxylic acids is 1. The number of carbonyl (C=O) groups is 1. The van der Waals surface area contributed by atoms with Crippen LogP contribution in [0.1, 0.15) is 21.6 Å². The molecule has 6 heteroatoms. The minimum Gasteiger partial charge on any atom is -0.290 e. The zero-order valence-electron chi connectivity index (χ0n) is 10.4. The Balaban J connectivity index is 2.28. The van der Waals surface area contributed by atoms with E-state index in [1.165, 1.54) is 12.1 Å². The van der Waals surface area contributed by atoms with Crippen molar-refractivity contribution in [2.24, 2.45) is 0 Å². The number of nitrogens with one attached hydrogen (secondary N) is 1. The van der Waals surface area contributed by atoms with E-state index in [1.807, 2.05) is 0 Å². The highest BCUT2D eigenvalue weighted by Crippen LogP contribution is 2.14. The number of nitrogens with zero attached hydrogens (tertiary/aromatic N) is 2. The van der Waals surface area contributed by atoms with Crippen molar-refractivity contribution in [1.29, 1.82) is 0 Å². The van der Waals surface area contributed by atoms with Gasteiger partial charge in [-0.05, 0) is 32.0 Å². The van der Waals surface area contributed by atoms with Crippen molar-refractivity contribution < 1.29 is 9.18 Å². The fourth-order valence-corrected chi connectivity index (χ4v) is 1.81. The third-order valence-electron chi connectivity index (χ3n) is 2.41. The van der Waals surface area contributed by atoms with Crippen molar-refractivity contribution >= 4 is 23.5 Å². The van der Waals surface area contributed by atoms with Gasteiger partial charge < -0.3 is 0 Å². The fraction of sp³-hybridized carbons (Fsp3) is 0.154. The van der Waals surface area contributed by atoms with Crippen LogP contribution >= 0.6 is 11.6 Å². The summed E-state index contributed by atoms with van der Waals surface area (Å²) in [6.07, 6.45) is 0. The number of halogens is 2. The van der Waals surface area contributed by atoms with Crippen LogP contribution in [0.25, 0.3) is 0 Å². The van der Waals surface area contributed by atoms with Gasteiger partial charge in [0.25, 0.3) is 5.91 Å². The Kier molecular flexibility index (Phi) is 3.76. The highest BCUT2D eigenvalue weighted by molar-refractivity contribution is 6.29. The second-order valence-corrected chi connectivity index (χ2v) is 4.48. The molecule has 0 aliphatic rings. The Morgan fingerprint density at radius 1 is 1.26 bits per heavy atom. The van der Waals surface area contributed by atoms with Crippen molar-refractivity contribution in [2.45, 2.75) is 13.8 Å². The summed E-state index contributed by atoms with van der Waals surface area (Å²) in [5, 5.41) is 2.64. The number of aromatic nitrogens is 2. The van der Waals surface area contributed by atoms with Gasteiger partial charge in [0.05, 0.1) is 5.56 Å². The van der Waals surface area contributed by atoms with E-state index in [-0.39, 0.29) is 16.7 Å². The van der Waals surface area contributed by atoms with Gasteiger partial charge in [-0.3, -0.25) is 10.1 Å². The number of aryl methyl sites for hydroxylation is 2. The Labute approximate surface area is 114 Å². The van der Waals surface area contributed by atoms with E-state index in [0.717, 1.165) is 5.56 Å². The third kappa shape index (κ3) is 3.26. The molecular formula is C13H11ClFN3O. The van der Waals surface area contributed by atoms with E-state index in [9.17, 15) is 9.18 Å². The van der Waals surface area contributed by atoms with Gasteiger partial charge in [-0.2, -0.15) is 0 Å². The number of amides is 1.